The lowest BCUT2D eigenvalue weighted by Gasteiger charge is -2.15. The normalized spacial score (nSPS) is 10.9. The highest BCUT2D eigenvalue weighted by Crippen LogP contribution is 2.24. The number of carbonyl (C=O) groups is 1. The monoisotopic (exact) mass is 460 g/mol. The largest absolute Gasteiger partial charge is 0.497 e. The number of benzene rings is 3. The van der Waals surface area contributed by atoms with Crippen molar-refractivity contribution in [2.75, 3.05) is 12.4 Å². The number of hydrogen-bond donors (Lipinski definition) is 1. The molecular weight excluding hydrogens is 436 g/mol. The van der Waals surface area contributed by atoms with Crippen LogP contribution >= 0.6 is 11.6 Å². The van der Waals surface area contributed by atoms with E-state index in [1.807, 2.05) is 61.5 Å². The second kappa shape index (κ2) is 9.92. The van der Waals surface area contributed by atoms with E-state index in [1.54, 1.807) is 25.3 Å². The molecule has 168 valence electrons. The van der Waals surface area contributed by atoms with Gasteiger partial charge >= 0.3 is 0 Å². The van der Waals surface area contributed by atoms with E-state index in [-0.39, 0.29) is 18.0 Å². The third-order valence-electron chi connectivity index (χ3n) is 5.60. The summed E-state index contributed by atoms with van der Waals surface area (Å²) in [6.45, 7) is 1.80. The Hall–Kier alpha value is -3.57. The van der Waals surface area contributed by atoms with Gasteiger partial charge in [-0.05, 0) is 66.6 Å². The fraction of sp³-hybridized carbons (Fsp3) is 0.185. The van der Waals surface area contributed by atoms with Crippen molar-refractivity contribution in [2.24, 2.45) is 0 Å². The van der Waals surface area contributed by atoms with Gasteiger partial charge in [0.2, 0.25) is 5.91 Å². The molecule has 1 amide bonds. The number of anilines is 1. The lowest BCUT2D eigenvalue weighted by Crippen LogP contribution is -2.30. The summed E-state index contributed by atoms with van der Waals surface area (Å²) < 4.78 is 6.86. The van der Waals surface area contributed by atoms with E-state index in [2.05, 4.69) is 5.32 Å². The first-order valence-electron chi connectivity index (χ1n) is 10.7. The summed E-state index contributed by atoms with van der Waals surface area (Å²) in [7, 11) is 1.57. The topological polar surface area (TPSA) is 60.3 Å². The average molecular weight is 461 g/mol. The van der Waals surface area contributed by atoms with Crippen molar-refractivity contribution in [1.82, 2.24) is 4.57 Å². The summed E-state index contributed by atoms with van der Waals surface area (Å²) in [6, 6.07) is 22.9. The number of aromatic nitrogens is 1. The Morgan fingerprint density at radius 2 is 1.79 bits per heavy atom. The Kier molecular flexibility index (Phi) is 6.80. The van der Waals surface area contributed by atoms with E-state index >= 15 is 0 Å². The molecule has 0 spiro atoms. The molecule has 0 saturated carbocycles. The minimum atomic E-state index is -0.327. The van der Waals surface area contributed by atoms with Crippen LogP contribution in [0, 0.1) is 6.92 Å². The van der Waals surface area contributed by atoms with Crippen molar-refractivity contribution in [3.05, 3.63) is 105 Å². The summed E-state index contributed by atoms with van der Waals surface area (Å²) in [4.78, 5) is 26.3. The fourth-order valence-corrected chi connectivity index (χ4v) is 4.14. The molecule has 1 aromatic heterocycles. The van der Waals surface area contributed by atoms with E-state index in [9.17, 15) is 9.59 Å². The minimum Gasteiger partial charge on any atom is -0.497 e. The molecule has 0 atom stereocenters. The van der Waals surface area contributed by atoms with Crippen LogP contribution < -0.4 is 15.6 Å². The highest BCUT2D eigenvalue weighted by molar-refractivity contribution is 6.33. The number of aryl methyl sites for hydroxylation is 3. The van der Waals surface area contributed by atoms with Crippen LogP contribution in [0.2, 0.25) is 5.02 Å². The van der Waals surface area contributed by atoms with E-state index in [0.717, 1.165) is 22.9 Å². The number of pyridine rings is 1. The third-order valence-corrected chi connectivity index (χ3v) is 5.92. The molecule has 4 rings (SSSR count). The maximum Gasteiger partial charge on any atom is 0.254 e. The molecule has 33 heavy (non-hydrogen) atoms. The smallest absolute Gasteiger partial charge is 0.254 e. The first kappa shape index (κ1) is 22.6. The number of halogens is 1. The Balaban J connectivity index is 1.68. The highest BCUT2D eigenvalue weighted by Gasteiger charge is 2.15. The molecule has 1 heterocycles. The second-order valence-electron chi connectivity index (χ2n) is 8.00. The average Bonchev–Trinajstić information content (AvgIpc) is 2.82. The molecule has 0 fully saturated rings. The quantitative estimate of drug-likeness (QED) is 0.402. The summed E-state index contributed by atoms with van der Waals surface area (Å²) in [5.74, 6) is 0.293. The van der Waals surface area contributed by atoms with E-state index in [1.165, 1.54) is 4.57 Å². The number of rotatable bonds is 7. The summed E-state index contributed by atoms with van der Waals surface area (Å²) in [5, 5.41) is 4.15. The number of fused-ring (bicyclic) bond motifs is 1. The van der Waals surface area contributed by atoms with Crippen molar-refractivity contribution < 1.29 is 9.53 Å². The van der Waals surface area contributed by atoms with Crippen molar-refractivity contribution in [1.29, 1.82) is 0 Å². The number of nitrogens with one attached hydrogen (secondary N) is 1. The summed E-state index contributed by atoms with van der Waals surface area (Å²) in [6.07, 6.45) is 1.32. The van der Waals surface area contributed by atoms with Crippen LogP contribution in [0.3, 0.4) is 0 Å². The number of nitrogens with zero attached hydrogens (tertiary/aromatic N) is 1. The van der Waals surface area contributed by atoms with E-state index in [4.69, 9.17) is 16.3 Å². The minimum absolute atomic E-state index is 0.133. The molecule has 0 radical (unpaired) electrons. The van der Waals surface area contributed by atoms with Gasteiger partial charge in [0.15, 0.2) is 0 Å². The van der Waals surface area contributed by atoms with Crippen LogP contribution in [-0.4, -0.2) is 17.6 Å². The predicted octanol–water partition coefficient (Wildman–Crippen LogP) is 5.40. The highest BCUT2D eigenvalue weighted by atomic mass is 35.5. The van der Waals surface area contributed by atoms with Crippen LogP contribution in [0.25, 0.3) is 10.9 Å². The summed E-state index contributed by atoms with van der Waals surface area (Å²) in [5.41, 5.74) is 3.80. The zero-order valence-corrected chi connectivity index (χ0v) is 19.4. The molecule has 0 aliphatic carbocycles. The molecule has 3 aromatic carbocycles. The fourth-order valence-electron chi connectivity index (χ4n) is 3.85. The van der Waals surface area contributed by atoms with Gasteiger partial charge in [-0.25, -0.2) is 0 Å². The van der Waals surface area contributed by atoms with Gasteiger partial charge in [0.05, 0.1) is 23.3 Å². The van der Waals surface area contributed by atoms with Gasteiger partial charge in [-0.2, -0.15) is 0 Å². The zero-order chi connectivity index (χ0) is 23.4. The first-order chi connectivity index (χ1) is 15.9. The van der Waals surface area contributed by atoms with Crippen LogP contribution in [-0.2, 0) is 24.2 Å². The van der Waals surface area contributed by atoms with Crippen LogP contribution in [0.5, 0.6) is 5.75 Å². The summed E-state index contributed by atoms with van der Waals surface area (Å²) >= 11 is 6.27. The molecule has 6 heteroatoms. The third kappa shape index (κ3) is 5.26. The number of ether oxygens (including phenoxy) is 1. The van der Waals surface area contributed by atoms with Gasteiger partial charge in [-0.15, -0.1) is 0 Å². The van der Waals surface area contributed by atoms with Gasteiger partial charge in [0.1, 0.15) is 12.3 Å². The first-order valence-corrected chi connectivity index (χ1v) is 11.1. The van der Waals surface area contributed by atoms with Crippen LogP contribution in [0.1, 0.15) is 16.7 Å². The number of hydrogen-bond acceptors (Lipinski definition) is 3. The Morgan fingerprint density at radius 1 is 1.00 bits per heavy atom. The number of methoxy groups -OCH3 is 1. The Bertz CT molecular complexity index is 1360. The maximum atomic E-state index is 13.4. The lowest BCUT2D eigenvalue weighted by atomic mass is 10.0. The van der Waals surface area contributed by atoms with Gasteiger partial charge in [0, 0.05) is 11.6 Å². The van der Waals surface area contributed by atoms with Crippen molar-refractivity contribution in [3.8, 4) is 5.75 Å². The number of amides is 1. The maximum absolute atomic E-state index is 13.4. The molecule has 5 nitrogen and oxygen atoms in total. The van der Waals surface area contributed by atoms with Crippen LogP contribution in [0.4, 0.5) is 5.69 Å². The van der Waals surface area contributed by atoms with Crippen molar-refractivity contribution in [3.63, 3.8) is 0 Å². The van der Waals surface area contributed by atoms with Gasteiger partial charge < -0.3 is 10.1 Å². The molecule has 0 aliphatic rings. The molecule has 0 aliphatic heterocycles. The molecular formula is C27H25ClN2O3. The van der Waals surface area contributed by atoms with Gasteiger partial charge in [0.25, 0.3) is 5.56 Å². The number of carbonyl (C=O) groups excluding carboxylic acids is 1. The lowest BCUT2D eigenvalue weighted by molar-refractivity contribution is -0.116. The SMILES string of the molecule is COc1ccc2cc(CCc3ccccc3)c(=O)n(CC(=O)Nc3ccc(C)cc3Cl)c2c1. The predicted molar refractivity (Wildman–Crippen MR) is 133 cm³/mol. The molecule has 4 aromatic rings. The van der Waals surface area contributed by atoms with Crippen molar-refractivity contribution >= 4 is 34.1 Å². The Labute approximate surface area is 197 Å². The molecule has 0 saturated heterocycles. The van der Waals surface area contributed by atoms with E-state index in [0.29, 0.717) is 34.0 Å². The van der Waals surface area contributed by atoms with Crippen molar-refractivity contribution in [2.45, 2.75) is 26.3 Å². The molecule has 1 N–H and O–H groups in total. The Morgan fingerprint density at radius 3 is 2.52 bits per heavy atom. The molecule has 0 unspecified atom stereocenters. The van der Waals surface area contributed by atoms with Gasteiger partial charge in [-0.1, -0.05) is 48.0 Å². The van der Waals surface area contributed by atoms with Gasteiger partial charge in [-0.3, -0.25) is 14.2 Å². The van der Waals surface area contributed by atoms with E-state index < -0.39 is 0 Å². The molecule has 0 bridgehead atoms. The second-order valence-corrected chi connectivity index (χ2v) is 8.41. The standard InChI is InChI=1S/C27H25ClN2O3/c1-18-8-13-24(23(28)14-18)29-26(31)17-30-25-16-22(33-2)12-11-20(25)15-21(27(30)32)10-9-19-6-4-3-5-7-19/h3-8,11-16H,9-10,17H2,1-2H3,(H,29,31). The zero-order valence-electron chi connectivity index (χ0n) is 18.6. The van der Waals surface area contributed by atoms with Crippen LogP contribution in [0.15, 0.2) is 77.6 Å².